The Morgan fingerprint density at radius 2 is 1.92 bits per heavy atom. The van der Waals surface area contributed by atoms with Gasteiger partial charge in [-0.25, -0.2) is 9.97 Å². The quantitative estimate of drug-likeness (QED) is 0.344. The van der Waals surface area contributed by atoms with Gasteiger partial charge in [0.1, 0.15) is 22.7 Å². The molecule has 2 unspecified atom stereocenters. The molecule has 1 aliphatic carbocycles. The van der Waals surface area contributed by atoms with E-state index in [4.69, 9.17) is 24.2 Å². The lowest BCUT2D eigenvalue weighted by atomic mass is 9.93. The Labute approximate surface area is 228 Å². The van der Waals surface area contributed by atoms with Crippen LogP contribution in [-0.4, -0.2) is 64.8 Å². The fourth-order valence-corrected chi connectivity index (χ4v) is 5.57. The fourth-order valence-electron chi connectivity index (χ4n) is 5.57. The highest BCUT2D eigenvalue weighted by atomic mass is 16.5. The molecule has 6 rings (SSSR count). The minimum absolute atomic E-state index is 0.00569. The van der Waals surface area contributed by atoms with Crippen molar-refractivity contribution in [2.45, 2.75) is 32.5 Å². The number of anilines is 1. The molecule has 2 aliphatic rings. The lowest BCUT2D eigenvalue weighted by Gasteiger charge is -2.25. The van der Waals surface area contributed by atoms with Gasteiger partial charge in [-0.1, -0.05) is 25.1 Å². The number of benzene rings is 1. The number of pyridine rings is 1. The van der Waals surface area contributed by atoms with Crippen molar-refractivity contribution in [2.24, 2.45) is 5.92 Å². The number of ether oxygens (including phenoxy) is 3. The van der Waals surface area contributed by atoms with E-state index in [1.807, 2.05) is 36.5 Å². The summed E-state index contributed by atoms with van der Waals surface area (Å²) in [7, 11) is 5.09. The molecule has 0 bridgehead atoms. The maximum Gasteiger partial charge on any atom is 0.209 e. The van der Waals surface area contributed by atoms with Gasteiger partial charge in [-0.2, -0.15) is 0 Å². The van der Waals surface area contributed by atoms with Crippen LogP contribution in [0.15, 0.2) is 66.2 Å². The first-order valence-electron chi connectivity index (χ1n) is 13.3. The maximum atomic E-state index is 5.68. The van der Waals surface area contributed by atoms with Gasteiger partial charge in [0.05, 0.1) is 31.7 Å². The van der Waals surface area contributed by atoms with E-state index in [0.29, 0.717) is 12.5 Å². The van der Waals surface area contributed by atoms with Crippen LogP contribution in [0.2, 0.25) is 0 Å². The van der Waals surface area contributed by atoms with Gasteiger partial charge in [-0.05, 0) is 29.8 Å². The van der Waals surface area contributed by atoms with Crippen molar-refractivity contribution in [3.63, 3.8) is 0 Å². The molecule has 9 heteroatoms. The second kappa shape index (κ2) is 10.7. The molecule has 1 aromatic carbocycles. The number of hydrogen-bond donors (Lipinski definition) is 1. The van der Waals surface area contributed by atoms with Gasteiger partial charge in [0.2, 0.25) is 5.95 Å². The van der Waals surface area contributed by atoms with Gasteiger partial charge in [0.15, 0.2) is 0 Å². The van der Waals surface area contributed by atoms with Gasteiger partial charge in [-0.3, -0.25) is 14.3 Å². The third kappa shape index (κ3) is 4.84. The molecule has 0 spiro atoms. The summed E-state index contributed by atoms with van der Waals surface area (Å²) in [6.07, 6.45) is 9.02. The van der Waals surface area contributed by atoms with Crippen molar-refractivity contribution >= 4 is 22.5 Å². The molecule has 39 heavy (non-hydrogen) atoms. The highest BCUT2D eigenvalue weighted by Gasteiger charge is 2.23. The van der Waals surface area contributed by atoms with E-state index in [9.17, 15) is 0 Å². The molecular formula is C30H34N6O3. The maximum absolute atomic E-state index is 5.68. The number of methoxy groups -OCH3 is 3. The Morgan fingerprint density at radius 1 is 1.03 bits per heavy atom. The number of hydrogen-bond acceptors (Lipinski definition) is 8. The summed E-state index contributed by atoms with van der Waals surface area (Å²) in [6, 6.07) is 10.1. The zero-order chi connectivity index (χ0) is 26.9. The Hall–Kier alpha value is -3.95. The van der Waals surface area contributed by atoms with Crippen LogP contribution in [0.5, 0.6) is 5.75 Å². The SMILES string of the molecule is COC1=CC(OC)C(C)C=C1CNc1nc2c(OC)cccc2c2nc(CCN3Cc4cccnc4C3)cn12. The molecule has 4 aromatic rings. The number of aromatic nitrogens is 4. The Morgan fingerprint density at radius 3 is 2.72 bits per heavy atom. The van der Waals surface area contributed by atoms with Crippen LogP contribution in [0.25, 0.3) is 16.6 Å². The van der Waals surface area contributed by atoms with Crippen molar-refractivity contribution in [3.8, 4) is 5.75 Å². The molecule has 0 radical (unpaired) electrons. The van der Waals surface area contributed by atoms with Crippen molar-refractivity contribution in [3.05, 3.63) is 83.2 Å². The first-order chi connectivity index (χ1) is 19.1. The highest BCUT2D eigenvalue weighted by Crippen LogP contribution is 2.30. The van der Waals surface area contributed by atoms with E-state index in [1.54, 1.807) is 21.3 Å². The van der Waals surface area contributed by atoms with Crippen LogP contribution in [0.1, 0.15) is 23.9 Å². The van der Waals surface area contributed by atoms with Crippen molar-refractivity contribution in [1.82, 2.24) is 24.3 Å². The summed E-state index contributed by atoms with van der Waals surface area (Å²) in [6.45, 7) is 5.41. The average Bonchev–Trinajstić information content (AvgIpc) is 3.59. The minimum Gasteiger partial charge on any atom is -0.497 e. The zero-order valence-electron chi connectivity index (χ0n) is 22.8. The standard InChI is InChI=1S/C30H34N6O3/c1-19-13-21(27(39-4)14-26(19)38-3)15-32-30-34-28-23(8-5-9-25(28)37-2)29-33-22(17-36(29)30)10-12-35-16-20-7-6-11-31-24(20)18-35/h5-9,11,13-14,17,19,26H,10,12,15-16,18H2,1-4H3,(H,32,34). The molecule has 0 fully saturated rings. The molecule has 0 amide bonds. The van der Waals surface area contributed by atoms with Gasteiger partial charge < -0.3 is 19.5 Å². The summed E-state index contributed by atoms with van der Waals surface area (Å²) in [4.78, 5) is 17.0. The Kier molecular flexibility index (Phi) is 6.93. The molecule has 202 valence electrons. The van der Waals surface area contributed by atoms with Crippen molar-refractivity contribution in [2.75, 3.05) is 39.7 Å². The van der Waals surface area contributed by atoms with Gasteiger partial charge in [0.25, 0.3) is 0 Å². The van der Waals surface area contributed by atoms with E-state index in [1.165, 1.54) is 11.3 Å². The predicted octanol–water partition coefficient (Wildman–Crippen LogP) is 4.38. The Bertz CT molecular complexity index is 1550. The number of para-hydroxylation sites is 1. The Balaban J connectivity index is 1.29. The number of rotatable bonds is 9. The van der Waals surface area contributed by atoms with Crippen LogP contribution in [0, 0.1) is 5.92 Å². The molecule has 3 aromatic heterocycles. The van der Waals surface area contributed by atoms with Crippen LogP contribution >= 0.6 is 0 Å². The molecule has 0 saturated carbocycles. The fraction of sp³-hybridized carbons (Fsp3) is 0.367. The lowest BCUT2D eigenvalue weighted by Crippen LogP contribution is -2.24. The normalized spacial score (nSPS) is 19.2. The molecule has 1 N–H and O–H groups in total. The average molecular weight is 527 g/mol. The zero-order valence-corrected chi connectivity index (χ0v) is 22.8. The highest BCUT2D eigenvalue weighted by molar-refractivity contribution is 5.96. The first kappa shape index (κ1) is 25.3. The number of imidazole rings is 1. The second-order valence-electron chi connectivity index (χ2n) is 10.1. The molecule has 4 heterocycles. The van der Waals surface area contributed by atoms with E-state index >= 15 is 0 Å². The summed E-state index contributed by atoms with van der Waals surface area (Å²) in [5.41, 5.74) is 6.21. The molecule has 9 nitrogen and oxygen atoms in total. The molecular weight excluding hydrogens is 492 g/mol. The van der Waals surface area contributed by atoms with Gasteiger partial charge in [0, 0.05) is 69.0 Å². The molecule has 1 aliphatic heterocycles. The van der Waals surface area contributed by atoms with Gasteiger partial charge in [-0.15, -0.1) is 0 Å². The number of fused-ring (bicyclic) bond motifs is 4. The third-order valence-corrected chi connectivity index (χ3v) is 7.64. The van der Waals surface area contributed by atoms with Crippen molar-refractivity contribution < 1.29 is 14.2 Å². The minimum atomic E-state index is -0.00569. The third-order valence-electron chi connectivity index (χ3n) is 7.64. The summed E-state index contributed by atoms with van der Waals surface area (Å²) >= 11 is 0. The molecule has 2 atom stereocenters. The number of nitrogens with one attached hydrogen (secondary N) is 1. The predicted molar refractivity (Wildman–Crippen MR) is 151 cm³/mol. The van der Waals surface area contributed by atoms with E-state index in [2.05, 4.69) is 44.9 Å². The largest absolute Gasteiger partial charge is 0.497 e. The van der Waals surface area contributed by atoms with E-state index in [-0.39, 0.29) is 12.0 Å². The van der Waals surface area contributed by atoms with E-state index in [0.717, 1.165) is 65.4 Å². The van der Waals surface area contributed by atoms with Crippen LogP contribution < -0.4 is 10.1 Å². The summed E-state index contributed by atoms with van der Waals surface area (Å²) < 4.78 is 19.0. The molecule has 0 saturated heterocycles. The summed E-state index contributed by atoms with van der Waals surface area (Å²) in [5.74, 6) is 2.48. The van der Waals surface area contributed by atoms with Crippen LogP contribution in [0.4, 0.5) is 5.95 Å². The first-order valence-corrected chi connectivity index (χ1v) is 13.3. The smallest absolute Gasteiger partial charge is 0.209 e. The van der Waals surface area contributed by atoms with Crippen molar-refractivity contribution in [1.29, 1.82) is 0 Å². The summed E-state index contributed by atoms with van der Waals surface area (Å²) in [5, 5.41) is 4.50. The monoisotopic (exact) mass is 526 g/mol. The topological polar surface area (TPSA) is 86.0 Å². The van der Waals surface area contributed by atoms with Gasteiger partial charge >= 0.3 is 0 Å². The van der Waals surface area contributed by atoms with E-state index < -0.39 is 0 Å². The second-order valence-corrected chi connectivity index (χ2v) is 10.1. The number of nitrogens with zero attached hydrogens (tertiary/aromatic N) is 5. The van der Waals surface area contributed by atoms with Crippen LogP contribution in [-0.2, 0) is 29.0 Å². The lowest BCUT2D eigenvalue weighted by molar-refractivity contribution is 0.105. The van der Waals surface area contributed by atoms with Crippen LogP contribution in [0.3, 0.4) is 0 Å².